The maximum atomic E-state index is 5.78. The second-order valence-corrected chi connectivity index (χ2v) is 4.58. The maximum Gasteiger partial charge on any atom is 0.0638 e. The molecule has 0 aliphatic heterocycles. The Labute approximate surface area is 82.9 Å². The van der Waals surface area contributed by atoms with E-state index in [1.54, 1.807) is 12.4 Å². The molecule has 1 aliphatic rings. The van der Waals surface area contributed by atoms with Crippen LogP contribution in [-0.4, -0.2) is 10.7 Å². The van der Waals surface area contributed by atoms with Gasteiger partial charge in [-0.25, -0.2) is 0 Å². The van der Waals surface area contributed by atoms with E-state index in [2.05, 4.69) is 4.98 Å². The number of hydrogen-bond acceptors (Lipinski definition) is 3. The van der Waals surface area contributed by atoms with Crippen LogP contribution in [0.15, 0.2) is 23.4 Å². The molecule has 70 valence electrons. The van der Waals surface area contributed by atoms with Gasteiger partial charge < -0.3 is 5.73 Å². The first-order valence-corrected chi connectivity index (χ1v) is 5.67. The van der Waals surface area contributed by atoms with E-state index in [1.807, 2.05) is 17.8 Å². The highest BCUT2D eigenvalue weighted by Gasteiger charge is 2.17. The van der Waals surface area contributed by atoms with Gasteiger partial charge in [-0.2, -0.15) is 0 Å². The van der Waals surface area contributed by atoms with Crippen molar-refractivity contribution in [3.63, 3.8) is 0 Å². The number of rotatable bonds is 3. The van der Waals surface area contributed by atoms with Crippen molar-refractivity contribution in [2.45, 2.75) is 24.2 Å². The van der Waals surface area contributed by atoms with Crippen LogP contribution in [-0.2, 0) is 0 Å². The number of aromatic nitrogens is 1. The minimum atomic E-state index is 0.812. The average molecular weight is 194 g/mol. The van der Waals surface area contributed by atoms with Gasteiger partial charge in [0.25, 0.3) is 0 Å². The summed E-state index contributed by atoms with van der Waals surface area (Å²) in [6.45, 7) is 0. The Balaban J connectivity index is 1.89. The molecule has 0 radical (unpaired) electrons. The van der Waals surface area contributed by atoms with Gasteiger partial charge in [-0.15, -0.1) is 11.8 Å². The molecular weight excluding hydrogens is 180 g/mol. The summed E-state index contributed by atoms with van der Waals surface area (Å²) in [5.74, 6) is 2.14. The Morgan fingerprint density at radius 3 is 3.00 bits per heavy atom. The number of nitrogen functional groups attached to an aromatic ring is 1. The molecule has 1 fully saturated rings. The Kier molecular flexibility index (Phi) is 2.74. The van der Waals surface area contributed by atoms with Gasteiger partial charge in [0, 0.05) is 16.8 Å². The third kappa shape index (κ3) is 2.15. The van der Waals surface area contributed by atoms with Gasteiger partial charge in [0.1, 0.15) is 0 Å². The molecule has 0 unspecified atom stereocenters. The molecule has 0 saturated heterocycles. The molecule has 1 aromatic heterocycles. The first-order chi connectivity index (χ1) is 6.36. The molecule has 1 aromatic rings. The van der Waals surface area contributed by atoms with Crippen LogP contribution in [0.2, 0.25) is 0 Å². The van der Waals surface area contributed by atoms with Gasteiger partial charge in [0.15, 0.2) is 0 Å². The van der Waals surface area contributed by atoms with E-state index < -0.39 is 0 Å². The highest BCUT2D eigenvalue weighted by atomic mass is 32.2. The summed E-state index contributed by atoms with van der Waals surface area (Å²) in [4.78, 5) is 5.15. The lowest BCUT2D eigenvalue weighted by atomic mass is 9.87. The van der Waals surface area contributed by atoms with E-state index >= 15 is 0 Å². The smallest absolute Gasteiger partial charge is 0.0638 e. The summed E-state index contributed by atoms with van der Waals surface area (Å²) in [5.41, 5.74) is 6.59. The van der Waals surface area contributed by atoms with Crippen LogP contribution in [0.3, 0.4) is 0 Å². The minimum Gasteiger partial charge on any atom is -0.397 e. The third-order valence-electron chi connectivity index (χ3n) is 2.51. The van der Waals surface area contributed by atoms with Gasteiger partial charge in [0.05, 0.1) is 11.9 Å². The first kappa shape index (κ1) is 8.88. The van der Waals surface area contributed by atoms with Crippen LogP contribution in [0.4, 0.5) is 5.69 Å². The SMILES string of the molecule is Nc1cnccc1SCC1CCC1. The van der Waals surface area contributed by atoms with E-state index in [0.29, 0.717) is 0 Å². The van der Waals surface area contributed by atoms with Crippen molar-refractivity contribution in [3.8, 4) is 0 Å². The molecule has 0 amide bonds. The Morgan fingerprint density at radius 1 is 1.54 bits per heavy atom. The number of pyridine rings is 1. The zero-order valence-corrected chi connectivity index (χ0v) is 8.39. The lowest BCUT2D eigenvalue weighted by Crippen LogP contribution is -2.13. The standard InChI is InChI=1S/C10H14N2S/c11-9-6-12-5-4-10(9)13-7-8-2-1-3-8/h4-6,8H,1-3,7,11H2. The molecule has 2 nitrogen and oxygen atoms in total. The summed E-state index contributed by atoms with van der Waals surface area (Å²) in [6.07, 6.45) is 7.75. The molecule has 0 bridgehead atoms. The van der Waals surface area contributed by atoms with Gasteiger partial charge in [-0.1, -0.05) is 6.42 Å². The fraction of sp³-hybridized carbons (Fsp3) is 0.500. The minimum absolute atomic E-state index is 0.812. The van der Waals surface area contributed by atoms with E-state index in [1.165, 1.54) is 29.9 Å². The number of nitrogens with two attached hydrogens (primary N) is 1. The van der Waals surface area contributed by atoms with Crippen LogP contribution in [0, 0.1) is 5.92 Å². The predicted molar refractivity (Wildman–Crippen MR) is 56.7 cm³/mol. The molecule has 2 N–H and O–H groups in total. The lowest BCUT2D eigenvalue weighted by Gasteiger charge is -2.24. The fourth-order valence-electron chi connectivity index (χ4n) is 1.39. The largest absolute Gasteiger partial charge is 0.397 e. The second kappa shape index (κ2) is 4.01. The Bertz CT molecular complexity index is 284. The predicted octanol–water partition coefficient (Wildman–Crippen LogP) is 2.56. The molecule has 3 heteroatoms. The number of thioether (sulfide) groups is 1. The number of hydrogen-bond donors (Lipinski definition) is 1. The van der Waals surface area contributed by atoms with Crippen molar-refractivity contribution in [1.29, 1.82) is 0 Å². The Hall–Kier alpha value is -0.700. The molecule has 0 aromatic carbocycles. The summed E-state index contributed by atoms with van der Waals surface area (Å²) in [6, 6.07) is 2.00. The van der Waals surface area contributed by atoms with Gasteiger partial charge in [0.2, 0.25) is 0 Å². The van der Waals surface area contributed by atoms with E-state index in [9.17, 15) is 0 Å². The normalized spacial score (nSPS) is 16.9. The molecule has 13 heavy (non-hydrogen) atoms. The summed E-state index contributed by atoms with van der Waals surface area (Å²) >= 11 is 1.87. The van der Waals surface area contributed by atoms with Crippen molar-refractivity contribution < 1.29 is 0 Å². The van der Waals surface area contributed by atoms with Gasteiger partial charge >= 0.3 is 0 Å². The average Bonchev–Trinajstić information content (AvgIpc) is 2.05. The zero-order chi connectivity index (χ0) is 9.10. The molecule has 1 heterocycles. The summed E-state index contributed by atoms with van der Waals surface area (Å²) < 4.78 is 0. The molecule has 1 aliphatic carbocycles. The van der Waals surface area contributed by atoms with Crippen molar-refractivity contribution in [3.05, 3.63) is 18.5 Å². The topological polar surface area (TPSA) is 38.9 Å². The van der Waals surface area contributed by atoms with E-state index in [4.69, 9.17) is 5.73 Å². The van der Waals surface area contributed by atoms with E-state index in [-0.39, 0.29) is 0 Å². The number of nitrogens with zero attached hydrogens (tertiary/aromatic N) is 1. The lowest BCUT2D eigenvalue weighted by molar-refractivity contribution is 0.353. The van der Waals surface area contributed by atoms with Crippen LogP contribution < -0.4 is 5.73 Å². The molecular formula is C10H14N2S. The zero-order valence-electron chi connectivity index (χ0n) is 7.57. The summed E-state index contributed by atoms with van der Waals surface area (Å²) in [7, 11) is 0. The van der Waals surface area contributed by atoms with Crippen molar-refractivity contribution in [2.75, 3.05) is 11.5 Å². The van der Waals surface area contributed by atoms with Crippen molar-refractivity contribution in [1.82, 2.24) is 4.98 Å². The van der Waals surface area contributed by atoms with Crippen molar-refractivity contribution in [2.24, 2.45) is 5.92 Å². The first-order valence-electron chi connectivity index (χ1n) is 4.68. The monoisotopic (exact) mass is 194 g/mol. The maximum absolute atomic E-state index is 5.78. The van der Waals surface area contributed by atoms with Gasteiger partial charge in [-0.3, -0.25) is 4.98 Å². The Morgan fingerprint density at radius 2 is 2.38 bits per heavy atom. The third-order valence-corrected chi connectivity index (χ3v) is 3.83. The molecule has 2 rings (SSSR count). The molecule has 0 atom stereocenters. The van der Waals surface area contributed by atoms with Gasteiger partial charge in [-0.05, 0) is 24.8 Å². The number of anilines is 1. The quantitative estimate of drug-likeness (QED) is 0.752. The van der Waals surface area contributed by atoms with Crippen LogP contribution >= 0.6 is 11.8 Å². The van der Waals surface area contributed by atoms with Crippen molar-refractivity contribution >= 4 is 17.4 Å². The molecule has 1 saturated carbocycles. The highest BCUT2D eigenvalue weighted by molar-refractivity contribution is 7.99. The highest BCUT2D eigenvalue weighted by Crippen LogP contribution is 2.33. The summed E-state index contributed by atoms with van der Waals surface area (Å²) in [5, 5.41) is 0. The second-order valence-electron chi connectivity index (χ2n) is 3.52. The molecule has 0 spiro atoms. The van der Waals surface area contributed by atoms with Crippen LogP contribution in [0.25, 0.3) is 0 Å². The van der Waals surface area contributed by atoms with Crippen LogP contribution in [0.1, 0.15) is 19.3 Å². The fourth-order valence-corrected chi connectivity index (χ4v) is 2.52. The van der Waals surface area contributed by atoms with Crippen LogP contribution in [0.5, 0.6) is 0 Å². The van der Waals surface area contributed by atoms with E-state index in [0.717, 1.165) is 11.6 Å².